The van der Waals surface area contributed by atoms with Crippen molar-refractivity contribution in [3.8, 4) is 0 Å². The number of nitrogens with zero attached hydrogens (tertiary/aromatic N) is 2. The van der Waals surface area contributed by atoms with Gasteiger partial charge in [0.15, 0.2) is 0 Å². The van der Waals surface area contributed by atoms with E-state index in [0.717, 1.165) is 29.4 Å². The number of anilines is 1. The Morgan fingerprint density at radius 3 is 2.38 bits per heavy atom. The summed E-state index contributed by atoms with van der Waals surface area (Å²) in [6.45, 7) is 7.09. The molecule has 5 heteroatoms. The Balaban J connectivity index is 2.39. The first kappa shape index (κ1) is 16.1. The average Bonchev–Trinajstić information content (AvgIpc) is 2.43. The highest BCUT2D eigenvalue weighted by atomic mass is 35.5. The van der Waals surface area contributed by atoms with Gasteiger partial charge in [0.1, 0.15) is 11.6 Å². The van der Waals surface area contributed by atoms with Crippen LogP contribution in [0.2, 0.25) is 10.0 Å². The molecule has 3 nitrogen and oxygen atoms in total. The fourth-order valence-corrected chi connectivity index (χ4v) is 2.55. The van der Waals surface area contributed by atoms with Gasteiger partial charge in [0, 0.05) is 34.8 Å². The Bertz CT molecular complexity index is 607. The van der Waals surface area contributed by atoms with Crippen LogP contribution in [0.5, 0.6) is 0 Å². The van der Waals surface area contributed by atoms with E-state index in [0.29, 0.717) is 22.4 Å². The second-order valence-electron chi connectivity index (χ2n) is 5.16. The van der Waals surface area contributed by atoms with Gasteiger partial charge in [-0.1, -0.05) is 43.1 Å². The first-order chi connectivity index (χ1) is 10.0. The van der Waals surface area contributed by atoms with E-state index in [-0.39, 0.29) is 0 Å². The van der Waals surface area contributed by atoms with Crippen molar-refractivity contribution < 1.29 is 0 Å². The van der Waals surface area contributed by atoms with Crippen LogP contribution in [0, 0.1) is 0 Å². The fraction of sp³-hybridized carbons (Fsp3) is 0.375. The van der Waals surface area contributed by atoms with E-state index in [4.69, 9.17) is 23.2 Å². The number of rotatable bonds is 5. The minimum absolute atomic E-state index is 0.339. The normalized spacial score (nSPS) is 11.0. The summed E-state index contributed by atoms with van der Waals surface area (Å²) in [6.07, 6.45) is 0.525. The molecule has 1 aromatic heterocycles. The van der Waals surface area contributed by atoms with Crippen molar-refractivity contribution in [1.29, 1.82) is 0 Å². The summed E-state index contributed by atoms with van der Waals surface area (Å²) < 4.78 is 0. The van der Waals surface area contributed by atoms with Gasteiger partial charge in [-0.15, -0.1) is 0 Å². The smallest absolute Gasteiger partial charge is 0.135 e. The van der Waals surface area contributed by atoms with Gasteiger partial charge in [0.05, 0.1) is 0 Å². The highest BCUT2D eigenvalue weighted by molar-refractivity contribution is 6.36. The number of aromatic nitrogens is 2. The van der Waals surface area contributed by atoms with E-state index in [1.54, 1.807) is 0 Å². The molecule has 0 unspecified atom stereocenters. The van der Waals surface area contributed by atoms with Gasteiger partial charge in [-0.3, -0.25) is 0 Å². The maximum atomic E-state index is 6.23. The second-order valence-corrected chi connectivity index (χ2v) is 5.97. The largest absolute Gasteiger partial charge is 0.370 e. The lowest BCUT2D eigenvalue weighted by Crippen LogP contribution is -2.08. The van der Waals surface area contributed by atoms with E-state index < -0.39 is 0 Å². The van der Waals surface area contributed by atoms with Crippen LogP contribution >= 0.6 is 23.2 Å². The van der Waals surface area contributed by atoms with Crippen LogP contribution in [0.25, 0.3) is 0 Å². The molecule has 1 aromatic carbocycles. The molecule has 0 aliphatic heterocycles. The van der Waals surface area contributed by atoms with Gasteiger partial charge in [-0.05, 0) is 30.5 Å². The maximum absolute atomic E-state index is 6.23. The molecule has 1 N–H and O–H groups in total. The average molecular weight is 324 g/mol. The molecule has 0 fully saturated rings. The van der Waals surface area contributed by atoms with Gasteiger partial charge < -0.3 is 5.32 Å². The molecule has 112 valence electrons. The summed E-state index contributed by atoms with van der Waals surface area (Å²) in [7, 11) is 0. The van der Waals surface area contributed by atoms with Gasteiger partial charge in [0.25, 0.3) is 0 Å². The second kappa shape index (κ2) is 7.10. The van der Waals surface area contributed by atoms with Crippen molar-refractivity contribution in [2.24, 2.45) is 0 Å². The maximum Gasteiger partial charge on any atom is 0.135 e. The van der Waals surface area contributed by atoms with Gasteiger partial charge in [-0.2, -0.15) is 0 Å². The van der Waals surface area contributed by atoms with Gasteiger partial charge in [-0.25, -0.2) is 9.97 Å². The molecule has 0 amide bonds. The zero-order valence-corrected chi connectivity index (χ0v) is 14.0. The lowest BCUT2D eigenvalue weighted by Gasteiger charge is -2.12. The molecular weight excluding hydrogens is 305 g/mol. The van der Waals surface area contributed by atoms with Crippen LogP contribution in [-0.2, 0) is 6.42 Å². The summed E-state index contributed by atoms with van der Waals surface area (Å²) in [5.74, 6) is 1.91. The minimum atomic E-state index is 0.339. The highest BCUT2D eigenvalue weighted by Gasteiger charge is 2.12. The summed E-state index contributed by atoms with van der Waals surface area (Å²) in [5.41, 5.74) is 1.88. The summed E-state index contributed by atoms with van der Waals surface area (Å²) >= 11 is 12.5. The molecule has 0 radical (unpaired) electrons. The van der Waals surface area contributed by atoms with Crippen molar-refractivity contribution in [3.63, 3.8) is 0 Å². The van der Waals surface area contributed by atoms with Crippen molar-refractivity contribution >= 4 is 29.0 Å². The van der Waals surface area contributed by atoms with E-state index >= 15 is 0 Å². The minimum Gasteiger partial charge on any atom is -0.370 e. The number of hydrogen-bond donors (Lipinski definition) is 1. The number of hydrogen-bond acceptors (Lipinski definition) is 3. The van der Waals surface area contributed by atoms with E-state index in [2.05, 4.69) is 29.1 Å². The van der Waals surface area contributed by atoms with E-state index in [9.17, 15) is 0 Å². The molecule has 0 aliphatic rings. The molecule has 1 heterocycles. The monoisotopic (exact) mass is 323 g/mol. The quantitative estimate of drug-likeness (QED) is 0.847. The Morgan fingerprint density at radius 1 is 1.14 bits per heavy atom. The Labute approximate surface area is 135 Å². The molecule has 0 atom stereocenters. The van der Waals surface area contributed by atoms with Crippen molar-refractivity contribution in [3.05, 3.63) is 51.4 Å². The third-order valence-corrected chi connectivity index (χ3v) is 3.85. The Morgan fingerprint density at radius 2 is 1.81 bits per heavy atom. The van der Waals surface area contributed by atoms with Crippen LogP contribution in [0.15, 0.2) is 24.3 Å². The third kappa shape index (κ3) is 4.08. The molecule has 0 saturated carbocycles. The van der Waals surface area contributed by atoms with Gasteiger partial charge in [0.2, 0.25) is 0 Å². The fourth-order valence-electron chi connectivity index (χ4n) is 2.02. The molecular formula is C16H19Cl2N3. The van der Waals surface area contributed by atoms with E-state index in [1.807, 2.05) is 31.2 Å². The molecule has 0 saturated heterocycles. The molecule has 0 bridgehead atoms. The van der Waals surface area contributed by atoms with Crippen molar-refractivity contribution in [2.45, 2.75) is 33.1 Å². The summed E-state index contributed by atoms with van der Waals surface area (Å²) in [4.78, 5) is 9.17. The molecule has 0 spiro atoms. The Hall–Kier alpha value is -1.32. The van der Waals surface area contributed by atoms with E-state index in [1.165, 1.54) is 0 Å². The number of halogens is 2. The lowest BCUT2D eigenvalue weighted by molar-refractivity contribution is 0.792. The zero-order valence-electron chi connectivity index (χ0n) is 12.5. The van der Waals surface area contributed by atoms with Crippen LogP contribution in [-0.4, -0.2) is 16.5 Å². The SMILES string of the molecule is CCNc1cc(C(C)C)nc(Cc2c(Cl)cccc2Cl)n1. The number of benzene rings is 1. The third-order valence-electron chi connectivity index (χ3n) is 3.14. The molecule has 21 heavy (non-hydrogen) atoms. The highest BCUT2D eigenvalue weighted by Crippen LogP contribution is 2.27. The van der Waals surface area contributed by atoms with Crippen LogP contribution in [0.3, 0.4) is 0 Å². The molecule has 2 rings (SSSR count). The van der Waals surface area contributed by atoms with Crippen LogP contribution in [0.1, 0.15) is 43.8 Å². The van der Waals surface area contributed by atoms with Crippen molar-refractivity contribution in [2.75, 3.05) is 11.9 Å². The topological polar surface area (TPSA) is 37.8 Å². The standard InChI is InChI=1S/C16H19Cl2N3/c1-4-19-15-9-14(10(2)3)20-16(21-15)8-11-12(17)6-5-7-13(11)18/h5-7,9-10H,4,8H2,1-3H3,(H,19,20,21). The van der Waals surface area contributed by atoms with Crippen molar-refractivity contribution in [1.82, 2.24) is 9.97 Å². The lowest BCUT2D eigenvalue weighted by atomic mass is 10.1. The zero-order chi connectivity index (χ0) is 15.4. The van der Waals surface area contributed by atoms with Gasteiger partial charge >= 0.3 is 0 Å². The first-order valence-corrected chi connectivity index (χ1v) is 7.81. The molecule has 2 aromatic rings. The summed E-state index contributed by atoms with van der Waals surface area (Å²) in [6, 6.07) is 7.50. The number of nitrogens with one attached hydrogen (secondary N) is 1. The first-order valence-electron chi connectivity index (χ1n) is 7.05. The predicted octanol–water partition coefficient (Wildman–Crippen LogP) is 4.93. The van der Waals surface area contributed by atoms with Crippen LogP contribution < -0.4 is 5.32 Å². The van der Waals surface area contributed by atoms with Crippen LogP contribution in [0.4, 0.5) is 5.82 Å². The predicted molar refractivity (Wildman–Crippen MR) is 89.6 cm³/mol. The summed E-state index contributed by atoms with van der Waals surface area (Å²) in [5, 5.41) is 4.53. The Kier molecular flexibility index (Phi) is 5.43. The molecule has 0 aliphatic carbocycles.